The van der Waals surface area contributed by atoms with Crippen LogP contribution in [0.5, 0.6) is 0 Å². The highest BCUT2D eigenvalue weighted by Crippen LogP contribution is 2.30. The normalized spacial score (nSPS) is 11.3. The van der Waals surface area contributed by atoms with Crippen LogP contribution in [0.25, 0.3) is 11.3 Å². The van der Waals surface area contributed by atoms with Crippen molar-refractivity contribution < 1.29 is 8.78 Å². The predicted molar refractivity (Wildman–Crippen MR) is 71.8 cm³/mol. The Kier molecular flexibility index (Phi) is 3.55. The first-order valence-corrected chi connectivity index (χ1v) is 6.27. The molecule has 0 atom stereocenters. The van der Waals surface area contributed by atoms with Gasteiger partial charge in [0.1, 0.15) is 17.3 Å². The van der Waals surface area contributed by atoms with Gasteiger partial charge >= 0.3 is 0 Å². The fraction of sp³-hybridized carbons (Fsp3) is 0.357. The molecule has 1 heterocycles. The number of imidazole rings is 1. The van der Waals surface area contributed by atoms with E-state index in [1.54, 1.807) is 0 Å². The van der Waals surface area contributed by atoms with Crippen LogP contribution in [0.2, 0.25) is 0 Å². The van der Waals surface area contributed by atoms with E-state index in [1.807, 2.05) is 25.3 Å². The third-order valence-corrected chi connectivity index (χ3v) is 3.06. The van der Waals surface area contributed by atoms with Gasteiger partial charge in [0.25, 0.3) is 0 Å². The van der Waals surface area contributed by atoms with Crippen molar-refractivity contribution in [1.29, 1.82) is 0 Å². The summed E-state index contributed by atoms with van der Waals surface area (Å²) in [6, 6.07) is 3.70. The van der Waals surface area contributed by atoms with Crippen LogP contribution in [0.15, 0.2) is 18.2 Å². The zero-order valence-electron chi connectivity index (χ0n) is 11.2. The van der Waals surface area contributed by atoms with Crippen molar-refractivity contribution in [3.8, 4) is 11.3 Å². The summed E-state index contributed by atoms with van der Waals surface area (Å²) in [6.45, 7) is 6.70. The molecule has 19 heavy (non-hydrogen) atoms. The molecule has 3 nitrogen and oxygen atoms in total. The zero-order valence-corrected chi connectivity index (χ0v) is 11.2. The summed E-state index contributed by atoms with van der Waals surface area (Å²) >= 11 is 0. The predicted octanol–water partition coefficient (Wildman–Crippen LogP) is 3.55. The molecule has 0 aliphatic rings. The number of hydrogen-bond acceptors (Lipinski definition) is 2. The van der Waals surface area contributed by atoms with Crippen molar-refractivity contribution in [2.75, 3.05) is 5.73 Å². The van der Waals surface area contributed by atoms with E-state index in [4.69, 9.17) is 5.73 Å². The summed E-state index contributed by atoms with van der Waals surface area (Å²) in [6.07, 6.45) is 0. The SMILES string of the molecule is CCn1c(C(C)C)nc(-c2ccc(F)c(F)c2)c1N. The third kappa shape index (κ3) is 2.32. The summed E-state index contributed by atoms with van der Waals surface area (Å²) in [5.74, 6) is -0.228. The quantitative estimate of drug-likeness (QED) is 0.922. The van der Waals surface area contributed by atoms with E-state index in [0.29, 0.717) is 23.6 Å². The Balaban J connectivity index is 2.59. The van der Waals surface area contributed by atoms with Crippen molar-refractivity contribution in [3.63, 3.8) is 0 Å². The first kappa shape index (κ1) is 13.5. The highest BCUT2D eigenvalue weighted by atomic mass is 19.2. The molecule has 2 aromatic rings. The molecule has 1 aromatic carbocycles. The third-order valence-electron chi connectivity index (χ3n) is 3.06. The lowest BCUT2D eigenvalue weighted by atomic mass is 10.1. The number of anilines is 1. The number of aromatic nitrogens is 2. The number of halogens is 2. The molecule has 0 amide bonds. The van der Waals surface area contributed by atoms with E-state index in [0.717, 1.165) is 18.0 Å². The number of nitrogen functional groups attached to an aromatic ring is 1. The first-order valence-electron chi connectivity index (χ1n) is 6.27. The number of nitrogens with two attached hydrogens (primary N) is 1. The van der Waals surface area contributed by atoms with Crippen LogP contribution in [0.3, 0.4) is 0 Å². The van der Waals surface area contributed by atoms with Crippen molar-refractivity contribution in [3.05, 3.63) is 35.7 Å². The maximum atomic E-state index is 13.3. The monoisotopic (exact) mass is 265 g/mol. The molecule has 0 aliphatic carbocycles. The molecule has 0 saturated heterocycles. The Morgan fingerprint density at radius 2 is 1.95 bits per heavy atom. The molecule has 5 heteroatoms. The minimum atomic E-state index is -0.894. The minimum absolute atomic E-state index is 0.210. The Hall–Kier alpha value is -1.91. The number of hydrogen-bond donors (Lipinski definition) is 1. The van der Waals surface area contributed by atoms with Gasteiger partial charge in [0.2, 0.25) is 0 Å². The van der Waals surface area contributed by atoms with Gasteiger partial charge in [-0.25, -0.2) is 13.8 Å². The van der Waals surface area contributed by atoms with Crippen LogP contribution < -0.4 is 5.73 Å². The van der Waals surface area contributed by atoms with Gasteiger partial charge in [-0.15, -0.1) is 0 Å². The Morgan fingerprint density at radius 3 is 2.42 bits per heavy atom. The van der Waals surface area contributed by atoms with Gasteiger partial charge in [-0.1, -0.05) is 13.8 Å². The standard InChI is InChI=1S/C14H17F2N3/c1-4-19-13(17)12(18-14(19)8(2)3)9-5-6-10(15)11(16)7-9/h5-8H,4,17H2,1-3H3. The van der Waals surface area contributed by atoms with Gasteiger partial charge in [-0.2, -0.15) is 0 Å². The van der Waals surface area contributed by atoms with Gasteiger partial charge in [0.15, 0.2) is 11.6 Å². The summed E-state index contributed by atoms with van der Waals surface area (Å²) in [4.78, 5) is 4.47. The molecule has 2 N–H and O–H groups in total. The smallest absolute Gasteiger partial charge is 0.159 e. The van der Waals surface area contributed by atoms with Crippen molar-refractivity contribution in [2.45, 2.75) is 33.2 Å². The minimum Gasteiger partial charge on any atom is -0.383 e. The molecule has 0 bridgehead atoms. The van der Waals surface area contributed by atoms with Crippen molar-refractivity contribution >= 4 is 5.82 Å². The second kappa shape index (κ2) is 4.99. The molecule has 2 rings (SSSR count). The van der Waals surface area contributed by atoms with Crippen molar-refractivity contribution in [1.82, 2.24) is 9.55 Å². The van der Waals surface area contributed by atoms with E-state index in [-0.39, 0.29) is 5.92 Å². The van der Waals surface area contributed by atoms with Gasteiger partial charge in [0, 0.05) is 18.0 Å². The second-order valence-electron chi connectivity index (χ2n) is 4.73. The molecule has 0 saturated carbocycles. The fourth-order valence-corrected chi connectivity index (χ4v) is 2.11. The summed E-state index contributed by atoms with van der Waals surface area (Å²) in [7, 11) is 0. The van der Waals surface area contributed by atoms with E-state index >= 15 is 0 Å². The van der Waals surface area contributed by atoms with Crippen molar-refractivity contribution in [2.24, 2.45) is 0 Å². The molecule has 0 fully saturated rings. The average molecular weight is 265 g/mol. The largest absolute Gasteiger partial charge is 0.383 e. The molecular formula is C14H17F2N3. The summed E-state index contributed by atoms with van der Waals surface area (Å²) in [5, 5.41) is 0. The highest BCUT2D eigenvalue weighted by Gasteiger charge is 2.18. The van der Waals surface area contributed by atoms with Crippen LogP contribution in [0.1, 0.15) is 32.5 Å². The topological polar surface area (TPSA) is 43.8 Å². The van der Waals surface area contributed by atoms with Gasteiger partial charge in [0.05, 0.1) is 0 Å². The molecule has 0 unspecified atom stereocenters. The van der Waals surface area contributed by atoms with Gasteiger partial charge < -0.3 is 10.3 Å². The molecule has 1 aromatic heterocycles. The summed E-state index contributed by atoms with van der Waals surface area (Å²) < 4.78 is 28.1. The number of benzene rings is 1. The van der Waals surface area contributed by atoms with E-state index in [1.165, 1.54) is 6.07 Å². The van der Waals surface area contributed by atoms with E-state index in [9.17, 15) is 8.78 Å². The highest BCUT2D eigenvalue weighted by molar-refractivity contribution is 5.71. The Morgan fingerprint density at radius 1 is 1.26 bits per heavy atom. The Labute approximate surface area is 111 Å². The molecular weight excluding hydrogens is 248 g/mol. The second-order valence-corrected chi connectivity index (χ2v) is 4.73. The lowest BCUT2D eigenvalue weighted by Crippen LogP contribution is -2.06. The summed E-state index contributed by atoms with van der Waals surface area (Å²) in [5.41, 5.74) is 7.05. The fourth-order valence-electron chi connectivity index (χ4n) is 2.11. The maximum Gasteiger partial charge on any atom is 0.159 e. The molecule has 0 radical (unpaired) electrons. The lowest BCUT2D eigenvalue weighted by Gasteiger charge is -2.08. The van der Waals surface area contributed by atoms with Crippen LogP contribution in [0, 0.1) is 11.6 Å². The van der Waals surface area contributed by atoms with Gasteiger partial charge in [-0.3, -0.25) is 0 Å². The Bertz CT molecular complexity index is 603. The van der Waals surface area contributed by atoms with Crippen LogP contribution in [-0.4, -0.2) is 9.55 Å². The van der Waals surface area contributed by atoms with E-state index in [2.05, 4.69) is 4.98 Å². The van der Waals surface area contributed by atoms with E-state index < -0.39 is 11.6 Å². The number of rotatable bonds is 3. The molecule has 0 spiro atoms. The number of nitrogens with zero attached hydrogens (tertiary/aromatic N) is 2. The zero-order chi connectivity index (χ0) is 14.2. The van der Waals surface area contributed by atoms with Gasteiger partial charge in [-0.05, 0) is 25.1 Å². The maximum absolute atomic E-state index is 13.3. The average Bonchev–Trinajstić information content (AvgIpc) is 2.70. The lowest BCUT2D eigenvalue weighted by molar-refractivity contribution is 0.509. The molecule has 102 valence electrons. The first-order chi connectivity index (χ1) is 8.95. The van der Waals surface area contributed by atoms with Crippen LogP contribution in [0.4, 0.5) is 14.6 Å². The molecule has 0 aliphatic heterocycles. The van der Waals surface area contributed by atoms with Crippen LogP contribution in [-0.2, 0) is 6.54 Å². The van der Waals surface area contributed by atoms with Crippen LogP contribution >= 0.6 is 0 Å².